The van der Waals surface area contributed by atoms with E-state index >= 15 is 0 Å². The number of fused-ring (bicyclic) bond motifs is 1. The molecule has 0 radical (unpaired) electrons. The van der Waals surface area contributed by atoms with Crippen LogP contribution in [0, 0.1) is 0 Å². The van der Waals surface area contributed by atoms with Crippen molar-refractivity contribution in [3.8, 4) is 11.3 Å². The van der Waals surface area contributed by atoms with Crippen LogP contribution in [0.3, 0.4) is 0 Å². The van der Waals surface area contributed by atoms with E-state index in [2.05, 4.69) is 10.1 Å². The Kier molecular flexibility index (Phi) is 5.82. The van der Waals surface area contributed by atoms with Crippen molar-refractivity contribution in [2.45, 2.75) is 12.3 Å². The van der Waals surface area contributed by atoms with Gasteiger partial charge in [-0.15, -0.1) is 0 Å². The van der Waals surface area contributed by atoms with Gasteiger partial charge >= 0.3 is 18.1 Å². The van der Waals surface area contributed by atoms with Gasteiger partial charge in [-0.1, -0.05) is 60.7 Å². The average molecular weight is 455 g/mol. The summed E-state index contributed by atoms with van der Waals surface area (Å²) in [4.78, 5) is 29.4. The van der Waals surface area contributed by atoms with Gasteiger partial charge in [-0.2, -0.15) is 18.3 Å². The molecule has 0 saturated heterocycles. The molecular weight excluding hydrogens is 439 g/mol. The summed E-state index contributed by atoms with van der Waals surface area (Å²) >= 11 is 0. The van der Waals surface area contributed by atoms with Gasteiger partial charge in [-0.25, -0.2) is 19.1 Å². The zero-order valence-corrected chi connectivity index (χ0v) is 17.1. The highest BCUT2D eigenvalue weighted by molar-refractivity contribution is 5.97. The first-order chi connectivity index (χ1) is 15.8. The van der Waals surface area contributed by atoms with Crippen molar-refractivity contribution in [2.24, 2.45) is 0 Å². The number of hydrogen-bond acceptors (Lipinski definition) is 6. The molecule has 4 aromatic rings. The van der Waals surface area contributed by atoms with Crippen LogP contribution in [0.15, 0.2) is 72.9 Å². The molecule has 0 unspecified atom stereocenters. The summed E-state index contributed by atoms with van der Waals surface area (Å²) in [5, 5.41) is 3.70. The Morgan fingerprint density at radius 2 is 1.64 bits per heavy atom. The molecular formula is C23H16F3N3O4. The van der Waals surface area contributed by atoms with Crippen LogP contribution >= 0.6 is 0 Å². The first-order valence-corrected chi connectivity index (χ1v) is 9.64. The monoisotopic (exact) mass is 455 g/mol. The van der Waals surface area contributed by atoms with E-state index in [0.29, 0.717) is 15.6 Å². The molecule has 0 saturated carbocycles. The summed E-state index contributed by atoms with van der Waals surface area (Å²) in [7, 11) is 1.13. The van der Waals surface area contributed by atoms with Crippen LogP contribution in [0.5, 0.6) is 0 Å². The summed E-state index contributed by atoms with van der Waals surface area (Å²) in [5.74, 6) is -1.92. The number of halogens is 3. The Morgan fingerprint density at radius 1 is 1.00 bits per heavy atom. The maximum atomic E-state index is 13.7. The lowest BCUT2D eigenvalue weighted by Crippen LogP contribution is -2.21. The lowest BCUT2D eigenvalue weighted by molar-refractivity contribution is -0.151. The maximum absolute atomic E-state index is 13.7. The number of rotatable bonds is 5. The van der Waals surface area contributed by atoms with Gasteiger partial charge in [0.2, 0.25) is 6.10 Å². The van der Waals surface area contributed by atoms with Gasteiger partial charge in [0.05, 0.1) is 19.0 Å². The number of nitrogens with zero attached hydrogens (tertiary/aromatic N) is 3. The fraction of sp³-hybridized carbons (Fsp3) is 0.130. The molecule has 0 amide bonds. The Morgan fingerprint density at radius 3 is 2.24 bits per heavy atom. The third-order valence-electron chi connectivity index (χ3n) is 4.79. The third-order valence-corrected chi connectivity index (χ3v) is 4.79. The maximum Gasteiger partial charge on any atom is 0.433 e. The standard InChI is InChI=1S/C23H16F3N3O4/c1-32-22(31)19(15-10-6-3-7-11-15)33-21(30)16-13-27-29-18(23(24,25)26)12-17(28-20(16)29)14-8-4-2-5-9-14/h2-13,19H,1H3/t19-/m0/s1. The highest BCUT2D eigenvalue weighted by Gasteiger charge is 2.36. The van der Waals surface area contributed by atoms with Gasteiger partial charge in [-0.05, 0) is 6.07 Å². The van der Waals surface area contributed by atoms with Gasteiger partial charge in [0.25, 0.3) is 0 Å². The zero-order chi connectivity index (χ0) is 23.6. The van der Waals surface area contributed by atoms with Crippen molar-refractivity contribution >= 4 is 17.6 Å². The van der Waals surface area contributed by atoms with E-state index in [1.165, 1.54) is 0 Å². The van der Waals surface area contributed by atoms with E-state index in [1.54, 1.807) is 60.7 Å². The van der Waals surface area contributed by atoms with E-state index in [0.717, 1.165) is 19.4 Å². The predicted molar refractivity (Wildman–Crippen MR) is 110 cm³/mol. The number of carbonyl (C=O) groups is 2. The van der Waals surface area contributed by atoms with Crippen molar-refractivity contribution in [3.63, 3.8) is 0 Å². The van der Waals surface area contributed by atoms with Crippen LogP contribution in [0.4, 0.5) is 13.2 Å². The van der Waals surface area contributed by atoms with E-state index in [9.17, 15) is 22.8 Å². The molecule has 168 valence electrons. The van der Waals surface area contributed by atoms with E-state index < -0.39 is 29.9 Å². The van der Waals surface area contributed by atoms with Crippen LogP contribution in [-0.4, -0.2) is 33.6 Å². The number of hydrogen-bond donors (Lipinski definition) is 0. The number of methoxy groups -OCH3 is 1. The lowest BCUT2D eigenvalue weighted by atomic mass is 10.1. The van der Waals surface area contributed by atoms with Gasteiger partial charge < -0.3 is 9.47 Å². The largest absolute Gasteiger partial charge is 0.466 e. The smallest absolute Gasteiger partial charge is 0.433 e. The molecule has 0 fully saturated rings. The van der Waals surface area contributed by atoms with Crippen molar-refractivity contribution < 1.29 is 32.2 Å². The molecule has 10 heteroatoms. The minimum absolute atomic E-state index is 0.00227. The normalized spacial score (nSPS) is 12.4. The average Bonchev–Trinajstić information content (AvgIpc) is 3.26. The SMILES string of the molecule is COC(=O)[C@@H](OC(=O)c1cnn2c(C(F)(F)F)cc(-c3ccccc3)nc12)c1ccccc1. The molecule has 2 aromatic heterocycles. The number of carbonyl (C=O) groups excluding carboxylic acids is 2. The molecule has 0 aliphatic heterocycles. The van der Waals surface area contributed by atoms with Crippen molar-refractivity contribution in [1.82, 2.24) is 14.6 Å². The van der Waals surface area contributed by atoms with Crippen molar-refractivity contribution in [3.05, 3.63) is 89.7 Å². The second-order valence-electron chi connectivity index (χ2n) is 6.90. The van der Waals surface area contributed by atoms with Crippen LogP contribution in [0.25, 0.3) is 16.9 Å². The molecule has 0 N–H and O–H groups in total. The summed E-state index contributed by atoms with van der Waals surface area (Å²) in [6.45, 7) is 0. The van der Waals surface area contributed by atoms with Crippen LogP contribution in [0.1, 0.15) is 27.7 Å². The van der Waals surface area contributed by atoms with Gasteiger partial charge in [0, 0.05) is 11.1 Å². The van der Waals surface area contributed by atoms with Gasteiger partial charge in [0.15, 0.2) is 11.3 Å². The summed E-state index contributed by atoms with van der Waals surface area (Å²) in [5.41, 5.74) is -1.05. The molecule has 2 aromatic carbocycles. The lowest BCUT2D eigenvalue weighted by Gasteiger charge is -2.16. The minimum Gasteiger partial charge on any atom is -0.466 e. The van der Waals surface area contributed by atoms with E-state index in [-0.39, 0.29) is 16.9 Å². The minimum atomic E-state index is -4.77. The Bertz CT molecular complexity index is 1310. The topological polar surface area (TPSA) is 82.8 Å². The summed E-state index contributed by atoms with van der Waals surface area (Å²) < 4.78 is 51.8. The molecule has 0 aliphatic carbocycles. The summed E-state index contributed by atoms with van der Waals surface area (Å²) in [6, 6.07) is 17.1. The van der Waals surface area contributed by atoms with E-state index in [4.69, 9.17) is 9.47 Å². The highest BCUT2D eigenvalue weighted by atomic mass is 19.4. The van der Waals surface area contributed by atoms with Gasteiger partial charge in [-0.3, -0.25) is 0 Å². The fourth-order valence-corrected chi connectivity index (χ4v) is 3.22. The van der Waals surface area contributed by atoms with Crippen molar-refractivity contribution in [2.75, 3.05) is 7.11 Å². The van der Waals surface area contributed by atoms with Crippen LogP contribution in [0.2, 0.25) is 0 Å². The molecule has 2 heterocycles. The van der Waals surface area contributed by atoms with Gasteiger partial charge in [0.1, 0.15) is 5.56 Å². The number of aromatic nitrogens is 3. The van der Waals surface area contributed by atoms with Crippen LogP contribution in [-0.2, 0) is 20.4 Å². The molecule has 0 spiro atoms. The predicted octanol–water partition coefficient (Wildman–Crippen LogP) is 4.49. The fourth-order valence-electron chi connectivity index (χ4n) is 3.22. The quantitative estimate of drug-likeness (QED) is 0.413. The van der Waals surface area contributed by atoms with E-state index in [1.807, 2.05) is 0 Å². The molecule has 1 atom stereocenters. The second kappa shape index (κ2) is 8.73. The molecule has 0 aliphatic rings. The third kappa shape index (κ3) is 4.40. The molecule has 7 nitrogen and oxygen atoms in total. The summed E-state index contributed by atoms with van der Waals surface area (Å²) in [6.07, 6.45) is -5.26. The molecule has 4 rings (SSSR count). The Labute approximate surface area is 185 Å². The second-order valence-corrected chi connectivity index (χ2v) is 6.90. The highest BCUT2D eigenvalue weighted by Crippen LogP contribution is 2.33. The zero-order valence-electron chi connectivity index (χ0n) is 17.1. The number of esters is 2. The van der Waals surface area contributed by atoms with Crippen LogP contribution < -0.4 is 0 Å². The Balaban J connectivity index is 1.80. The molecule has 33 heavy (non-hydrogen) atoms. The number of ether oxygens (including phenoxy) is 2. The van der Waals surface area contributed by atoms with Crippen molar-refractivity contribution in [1.29, 1.82) is 0 Å². The number of benzene rings is 2. The Hall–Kier alpha value is -4.21. The first-order valence-electron chi connectivity index (χ1n) is 9.64. The molecule has 0 bridgehead atoms. The number of alkyl halides is 3. The first kappa shape index (κ1) is 22.0.